The number of halogens is 4. The van der Waals surface area contributed by atoms with Crippen molar-refractivity contribution >= 4 is 69.7 Å². The zero-order valence-electron chi connectivity index (χ0n) is 35.7. The van der Waals surface area contributed by atoms with E-state index in [1.54, 1.807) is 120 Å². The molecule has 66 heavy (non-hydrogen) atoms. The summed E-state index contributed by atoms with van der Waals surface area (Å²) >= 11 is 10.2. The molecule has 12 heteroatoms. The van der Waals surface area contributed by atoms with E-state index in [1.165, 1.54) is 22.7 Å². The second kappa shape index (κ2) is 17.8. The van der Waals surface area contributed by atoms with E-state index in [1.807, 2.05) is 35.0 Å². The van der Waals surface area contributed by atoms with Crippen LogP contribution in [-0.4, -0.2) is 13.2 Å². The second-order valence-corrected chi connectivity index (χ2v) is 23.6. The van der Waals surface area contributed by atoms with Crippen LogP contribution in [0.1, 0.15) is 49.3 Å². The van der Waals surface area contributed by atoms with E-state index in [4.69, 9.17) is 9.47 Å². The summed E-state index contributed by atoms with van der Waals surface area (Å²) in [6, 6.07) is 37.4. The maximum atomic E-state index is 17.0. The van der Waals surface area contributed by atoms with Crippen LogP contribution in [0.4, 0.5) is 17.6 Å². The number of thioether (sulfide) groups is 4. The number of benzene rings is 6. The molecule has 0 atom stereocenters. The van der Waals surface area contributed by atoms with Gasteiger partial charge in [-0.25, -0.2) is 17.6 Å². The van der Waals surface area contributed by atoms with Crippen molar-refractivity contribution in [2.75, 3.05) is 13.2 Å². The normalized spacial score (nSPS) is 14.9. The third kappa shape index (κ3) is 7.15. The molecule has 2 aromatic heterocycles. The maximum Gasteiger partial charge on any atom is 0.167 e. The molecule has 2 nitrogen and oxygen atoms in total. The number of unbranched alkanes of at least 4 members (excludes halogenated alkanes) is 2. The van der Waals surface area contributed by atoms with Gasteiger partial charge in [0.15, 0.2) is 23.3 Å². The fourth-order valence-electron chi connectivity index (χ4n) is 8.84. The van der Waals surface area contributed by atoms with E-state index < -0.39 is 31.4 Å². The molecule has 1 aliphatic carbocycles. The molecule has 6 aromatic carbocycles. The summed E-state index contributed by atoms with van der Waals surface area (Å²) in [5.74, 6) is -2.53. The molecule has 3 aliphatic rings. The van der Waals surface area contributed by atoms with Gasteiger partial charge in [-0.15, -0.1) is 22.7 Å². The highest BCUT2D eigenvalue weighted by atomic mass is 32.2. The molecule has 0 fully saturated rings. The van der Waals surface area contributed by atoms with Crippen molar-refractivity contribution in [3.8, 4) is 67.1 Å². The average Bonchev–Trinajstić information content (AvgIpc) is 4.15. The average molecular weight is 989 g/mol. The first-order valence-electron chi connectivity index (χ1n) is 21.9. The van der Waals surface area contributed by atoms with Gasteiger partial charge in [-0.05, 0) is 83.3 Å². The Hall–Kier alpha value is -4.56. The highest BCUT2D eigenvalue weighted by Gasteiger charge is 2.67. The monoisotopic (exact) mass is 988 g/mol. The summed E-state index contributed by atoms with van der Waals surface area (Å²) < 4.78 is 77.6. The van der Waals surface area contributed by atoms with Crippen LogP contribution in [0.2, 0.25) is 0 Å². The van der Waals surface area contributed by atoms with E-state index in [2.05, 4.69) is 38.1 Å². The molecule has 2 spiro atoms. The van der Waals surface area contributed by atoms with Gasteiger partial charge in [-0.3, -0.25) is 0 Å². The van der Waals surface area contributed by atoms with Crippen LogP contribution in [0.15, 0.2) is 152 Å². The van der Waals surface area contributed by atoms with Gasteiger partial charge in [0.25, 0.3) is 0 Å². The fourth-order valence-corrected chi connectivity index (χ4v) is 19.5. The Morgan fingerprint density at radius 1 is 0.409 bits per heavy atom. The highest BCUT2D eigenvalue weighted by Crippen LogP contribution is 2.84. The molecule has 8 aromatic rings. The number of hydrogen-bond donors (Lipinski definition) is 0. The second-order valence-electron chi connectivity index (χ2n) is 16.3. The summed E-state index contributed by atoms with van der Waals surface area (Å²) in [5.41, 5.74) is 3.98. The molecule has 11 rings (SSSR count). The molecule has 0 radical (unpaired) electrons. The molecule has 0 unspecified atom stereocenters. The largest absolute Gasteiger partial charge is 0.494 e. The molecule has 0 saturated heterocycles. The predicted molar refractivity (Wildman–Crippen MR) is 270 cm³/mol. The van der Waals surface area contributed by atoms with Crippen molar-refractivity contribution in [1.82, 2.24) is 0 Å². The van der Waals surface area contributed by atoms with Gasteiger partial charge in [-0.2, -0.15) is 0 Å². The Balaban J connectivity index is 1.08. The van der Waals surface area contributed by atoms with Crippen LogP contribution in [0.25, 0.3) is 55.6 Å². The minimum atomic E-state index is -0.973. The number of rotatable bonds is 12. The van der Waals surface area contributed by atoms with Crippen molar-refractivity contribution in [2.24, 2.45) is 0 Å². The lowest BCUT2D eigenvalue weighted by Gasteiger charge is -2.46. The lowest BCUT2D eigenvalue weighted by Crippen LogP contribution is -2.39. The molecular formula is C54H40F4O2S6. The van der Waals surface area contributed by atoms with E-state index in [9.17, 15) is 0 Å². The predicted octanol–water partition coefficient (Wildman–Crippen LogP) is 18.2. The van der Waals surface area contributed by atoms with E-state index >= 15 is 17.6 Å². The van der Waals surface area contributed by atoms with Gasteiger partial charge < -0.3 is 9.47 Å². The summed E-state index contributed by atoms with van der Waals surface area (Å²) in [5, 5.41) is 3.85. The lowest BCUT2D eigenvalue weighted by atomic mass is 9.85. The van der Waals surface area contributed by atoms with E-state index in [0.29, 0.717) is 58.1 Å². The molecule has 0 bridgehead atoms. The van der Waals surface area contributed by atoms with Crippen LogP contribution >= 0.6 is 69.7 Å². The van der Waals surface area contributed by atoms with E-state index in [0.717, 1.165) is 55.0 Å². The van der Waals surface area contributed by atoms with Crippen LogP contribution < -0.4 is 9.47 Å². The van der Waals surface area contributed by atoms with Crippen molar-refractivity contribution in [3.63, 3.8) is 0 Å². The number of fused-ring (bicyclic) bond motifs is 8. The first-order chi connectivity index (χ1) is 32.2. The Morgan fingerprint density at radius 3 is 1.09 bits per heavy atom. The fraction of sp³-hybridized carbons (Fsp3) is 0.185. The SMILES string of the molecule is CCCCOc1ccc(-c2ccc(-c3csc4c3-c3c(-c5ccc(-c6ccc(OCCCC)cc6)c(F)c5F)csc3C3(Sc5ccccc5S3)C43Sc4ccccc4S3)c(F)c2F)cc1. The van der Waals surface area contributed by atoms with Gasteiger partial charge in [-0.1, -0.05) is 147 Å². The Morgan fingerprint density at radius 2 is 0.742 bits per heavy atom. The minimum absolute atomic E-state index is 0.104. The molecule has 0 amide bonds. The molecular weight excluding hydrogens is 949 g/mol. The van der Waals surface area contributed by atoms with Crippen molar-refractivity contribution < 1.29 is 27.0 Å². The van der Waals surface area contributed by atoms with Gasteiger partial charge in [0, 0.05) is 73.8 Å². The van der Waals surface area contributed by atoms with E-state index in [-0.39, 0.29) is 22.3 Å². The standard InChI is InChI=1S/C54H40F4O2S6/c1-3-5-27-59-33-19-15-31(16-20-33)35-23-25-37(49(57)47(35)55)39-29-61-51-45(39)46-40(38-26-24-36(48(56)50(38)58)32-17-21-34(22-18-32)60-28-6-4-2)30-62-52(46)54(65-43-13-9-10-14-44(43)66-54)53(51)63-41-11-7-8-12-42(41)64-53/h7-26,29-30H,3-6,27-28H2,1-2H3. The van der Waals surface area contributed by atoms with Gasteiger partial charge >= 0.3 is 0 Å². The zero-order chi connectivity index (χ0) is 45.2. The quantitative estimate of drug-likeness (QED) is 0.0890. The first kappa shape index (κ1) is 44.0. The Labute approximate surface area is 406 Å². The summed E-state index contributed by atoms with van der Waals surface area (Å²) in [4.78, 5) is 6.45. The Bertz CT molecular complexity index is 2880. The van der Waals surface area contributed by atoms with Crippen LogP contribution in [0.5, 0.6) is 11.5 Å². The minimum Gasteiger partial charge on any atom is -0.494 e. The first-order valence-corrected chi connectivity index (χ1v) is 26.9. The summed E-state index contributed by atoms with van der Waals surface area (Å²) in [7, 11) is 0. The topological polar surface area (TPSA) is 18.5 Å². The number of ether oxygens (including phenoxy) is 2. The van der Waals surface area contributed by atoms with Crippen LogP contribution in [0.3, 0.4) is 0 Å². The third-order valence-corrected chi connectivity index (χ3v) is 22.2. The molecule has 332 valence electrons. The van der Waals surface area contributed by atoms with Crippen LogP contribution in [-0.2, 0) is 8.16 Å². The van der Waals surface area contributed by atoms with Crippen molar-refractivity contribution in [2.45, 2.75) is 67.3 Å². The van der Waals surface area contributed by atoms with Crippen molar-refractivity contribution in [3.05, 3.63) is 165 Å². The number of hydrogen-bond acceptors (Lipinski definition) is 8. The lowest BCUT2D eigenvalue weighted by molar-refractivity contribution is 0.309. The van der Waals surface area contributed by atoms with Crippen molar-refractivity contribution in [1.29, 1.82) is 0 Å². The Kier molecular flexibility index (Phi) is 11.9. The number of thiophene rings is 2. The molecule has 0 saturated carbocycles. The van der Waals surface area contributed by atoms with Gasteiger partial charge in [0.2, 0.25) is 0 Å². The van der Waals surface area contributed by atoms with Gasteiger partial charge in [0.05, 0.1) is 13.2 Å². The highest BCUT2D eigenvalue weighted by molar-refractivity contribution is 8.26. The van der Waals surface area contributed by atoms with Gasteiger partial charge in [0.1, 0.15) is 19.7 Å². The molecule has 2 aliphatic heterocycles. The summed E-state index contributed by atoms with van der Waals surface area (Å²) in [6.07, 6.45) is 3.85. The van der Waals surface area contributed by atoms with Crippen LogP contribution in [0, 0.1) is 23.3 Å². The smallest absolute Gasteiger partial charge is 0.167 e. The third-order valence-electron chi connectivity index (χ3n) is 12.2. The maximum absolute atomic E-state index is 17.0. The molecule has 4 heterocycles. The molecule has 0 N–H and O–H groups in total. The summed E-state index contributed by atoms with van der Waals surface area (Å²) in [6.45, 7) is 5.35. The zero-order valence-corrected chi connectivity index (χ0v) is 40.6.